The fourth-order valence-electron chi connectivity index (χ4n) is 1.60. The van der Waals surface area contributed by atoms with Gasteiger partial charge in [0.2, 0.25) is 5.95 Å². The Kier molecular flexibility index (Phi) is 3.09. The van der Waals surface area contributed by atoms with Crippen LogP contribution in [0.3, 0.4) is 0 Å². The summed E-state index contributed by atoms with van der Waals surface area (Å²) in [6.07, 6.45) is 2.73. The van der Waals surface area contributed by atoms with Gasteiger partial charge < -0.3 is 11.1 Å². The number of nitrogens with zero attached hydrogens (tertiary/aromatic N) is 2. The second-order valence-electron chi connectivity index (χ2n) is 4.13. The Morgan fingerprint density at radius 2 is 2.33 bits per heavy atom. The van der Waals surface area contributed by atoms with Crippen LogP contribution in [0.2, 0.25) is 0 Å². The molecule has 0 spiro atoms. The monoisotopic (exact) mass is 270 g/mol. The molecule has 0 amide bonds. The van der Waals surface area contributed by atoms with Crippen LogP contribution in [-0.2, 0) is 0 Å². The minimum absolute atomic E-state index is 0.485. The predicted molar refractivity (Wildman–Crippen MR) is 64.5 cm³/mol. The van der Waals surface area contributed by atoms with Gasteiger partial charge in [-0.3, -0.25) is 0 Å². The average molecular weight is 271 g/mol. The second-order valence-corrected chi connectivity index (χ2v) is 4.95. The van der Waals surface area contributed by atoms with Crippen LogP contribution >= 0.6 is 15.9 Å². The highest BCUT2D eigenvalue weighted by atomic mass is 79.9. The van der Waals surface area contributed by atoms with Gasteiger partial charge in [-0.2, -0.15) is 4.98 Å². The van der Waals surface area contributed by atoms with Crippen molar-refractivity contribution in [2.24, 2.45) is 11.8 Å². The molecule has 4 nitrogen and oxygen atoms in total. The van der Waals surface area contributed by atoms with Crippen LogP contribution in [0.25, 0.3) is 0 Å². The van der Waals surface area contributed by atoms with Crippen molar-refractivity contribution in [1.82, 2.24) is 9.97 Å². The Bertz CT molecular complexity index is 331. The summed E-state index contributed by atoms with van der Waals surface area (Å²) >= 11 is 3.29. The lowest BCUT2D eigenvalue weighted by atomic mass is 10.1. The highest BCUT2D eigenvalue weighted by molar-refractivity contribution is 9.10. The Labute approximate surface area is 97.8 Å². The maximum Gasteiger partial charge on any atom is 0.225 e. The summed E-state index contributed by atoms with van der Waals surface area (Å²) in [5, 5.41) is 3.22. The van der Waals surface area contributed by atoms with E-state index in [1.807, 2.05) is 0 Å². The van der Waals surface area contributed by atoms with E-state index in [1.54, 1.807) is 6.07 Å². The summed E-state index contributed by atoms with van der Waals surface area (Å²) in [7, 11) is 0. The molecule has 1 aromatic heterocycles. The summed E-state index contributed by atoms with van der Waals surface area (Å²) in [6, 6.07) is 1.69. The van der Waals surface area contributed by atoms with E-state index in [2.05, 4.69) is 38.1 Å². The van der Waals surface area contributed by atoms with E-state index in [0.717, 1.165) is 17.1 Å². The predicted octanol–water partition coefficient (Wildman–Crippen LogP) is 2.28. The normalized spacial score (nSPS) is 17.5. The minimum Gasteiger partial charge on any atom is -0.383 e. The number of nitrogen functional groups attached to an aromatic ring is 1. The lowest BCUT2D eigenvalue weighted by Crippen LogP contribution is -2.15. The molecule has 0 bridgehead atoms. The number of halogens is 1. The molecule has 1 fully saturated rings. The van der Waals surface area contributed by atoms with E-state index < -0.39 is 0 Å². The van der Waals surface area contributed by atoms with E-state index in [1.165, 1.54) is 12.8 Å². The molecule has 5 heteroatoms. The molecular formula is C10H15BrN4. The van der Waals surface area contributed by atoms with Gasteiger partial charge in [-0.15, -0.1) is 0 Å². The molecule has 3 N–H and O–H groups in total. The standard InChI is InChI=1S/C10H15BrN4/c1-6(7-2-3-7)5-13-10-14-8(11)4-9(12)15-10/h4,6-7H,2-3,5H2,1H3,(H3,12,13,14,15). The van der Waals surface area contributed by atoms with Crippen molar-refractivity contribution in [3.05, 3.63) is 10.7 Å². The first kappa shape index (κ1) is 10.7. The zero-order chi connectivity index (χ0) is 10.8. The number of aromatic nitrogens is 2. The van der Waals surface area contributed by atoms with Crippen LogP contribution in [0.4, 0.5) is 11.8 Å². The van der Waals surface area contributed by atoms with Gasteiger partial charge in [-0.05, 0) is 40.6 Å². The Balaban J connectivity index is 1.91. The molecule has 1 atom stereocenters. The van der Waals surface area contributed by atoms with Gasteiger partial charge in [-0.1, -0.05) is 6.92 Å². The third-order valence-corrected chi connectivity index (χ3v) is 3.13. The first-order valence-corrected chi connectivity index (χ1v) is 5.98. The van der Waals surface area contributed by atoms with Crippen LogP contribution in [0, 0.1) is 11.8 Å². The molecule has 1 aromatic rings. The highest BCUT2D eigenvalue weighted by Crippen LogP contribution is 2.36. The molecule has 1 unspecified atom stereocenters. The SMILES string of the molecule is CC(CNc1nc(N)cc(Br)n1)C1CC1. The second kappa shape index (κ2) is 4.35. The molecule has 0 aliphatic heterocycles. The summed E-state index contributed by atoms with van der Waals surface area (Å²) in [5.41, 5.74) is 5.62. The number of hydrogen-bond acceptors (Lipinski definition) is 4. The van der Waals surface area contributed by atoms with E-state index in [4.69, 9.17) is 5.73 Å². The van der Waals surface area contributed by atoms with E-state index in [-0.39, 0.29) is 0 Å². The Hall–Kier alpha value is -0.840. The van der Waals surface area contributed by atoms with Crippen molar-refractivity contribution in [2.45, 2.75) is 19.8 Å². The topological polar surface area (TPSA) is 63.8 Å². The maximum absolute atomic E-state index is 5.62. The summed E-state index contributed by atoms with van der Waals surface area (Å²) in [6.45, 7) is 3.17. The third kappa shape index (κ3) is 3.06. The third-order valence-electron chi connectivity index (χ3n) is 2.72. The zero-order valence-electron chi connectivity index (χ0n) is 8.70. The summed E-state index contributed by atoms with van der Waals surface area (Å²) < 4.78 is 0.719. The maximum atomic E-state index is 5.62. The summed E-state index contributed by atoms with van der Waals surface area (Å²) in [5.74, 6) is 2.67. The van der Waals surface area contributed by atoms with E-state index in [9.17, 15) is 0 Å². The van der Waals surface area contributed by atoms with Crippen LogP contribution in [0.5, 0.6) is 0 Å². The molecular weight excluding hydrogens is 256 g/mol. The molecule has 15 heavy (non-hydrogen) atoms. The molecule has 2 rings (SSSR count). The molecule has 1 saturated carbocycles. The van der Waals surface area contributed by atoms with Gasteiger partial charge in [0.25, 0.3) is 0 Å². The first-order valence-electron chi connectivity index (χ1n) is 5.19. The van der Waals surface area contributed by atoms with E-state index in [0.29, 0.717) is 17.7 Å². The van der Waals surface area contributed by atoms with E-state index >= 15 is 0 Å². The van der Waals surface area contributed by atoms with Crippen LogP contribution in [0.1, 0.15) is 19.8 Å². The minimum atomic E-state index is 0.485. The van der Waals surface area contributed by atoms with Gasteiger partial charge in [0.05, 0.1) is 0 Å². The van der Waals surface area contributed by atoms with Crippen molar-refractivity contribution in [1.29, 1.82) is 0 Å². The van der Waals surface area contributed by atoms with Gasteiger partial charge >= 0.3 is 0 Å². The molecule has 1 heterocycles. The fourth-order valence-corrected chi connectivity index (χ4v) is 2.00. The van der Waals surface area contributed by atoms with Crippen molar-refractivity contribution in [3.8, 4) is 0 Å². The largest absolute Gasteiger partial charge is 0.383 e. The molecule has 0 aromatic carbocycles. The van der Waals surface area contributed by atoms with Gasteiger partial charge in [0, 0.05) is 12.6 Å². The van der Waals surface area contributed by atoms with Crippen LogP contribution < -0.4 is 11.1 Å². The van der Waals surface area contributed by atoms with Crippen LogP contribution in [-0.4, -0.2) is 16.5 Å². The number of rotatable bonds is 4. The summed E-state index contributed by atoms with van der Waals surface area (Å²) in [4.78, 5) is 8.31. The van der Waals surface area contributed by atoms with Crippen molar-refractivity contribution in [3.63, 3.8) is 0 Å². The number of hydrogen-bond donors (Lipinski definition) is 2. The molecule has 0 radical (unpaired) electrons. The number of nitrogens with two attached hydrogens (primary N) is 1. The smallest absolute Gasteiger partial charge is 0.225 e. The molecule has 1 aliphatic rings. The quantitative estimate of drug-likeness (QED) is 0.824. The van der Waals surface area contributed by atoms with Gasteiger partial charge in [0.15, 0.2) is 0 Å². The Morgan fingerprint density at radius 1 is 1.60 bits per heavy atom. The zero-order valence-corrected chi connectivity index (χ0v) is 10.3. The van der Waals surface area contributed by atoms with Crippen molar-refractivity contribution >= 4 is 27.7 Å². The van der Waals surface area contributed by atoms with Gasteiger partial charge in [0.1, 0.15) is 10.4 Å². The molecule has 82 valence electrons. The van der Waals surface area contributed by atoms with Crippen molar-refractivity contribution in [2.75, 3.05) is 17.6 Å². The lowest BCUT2D eigenvalue weighted by Gasteiger charge is -2.11. The Morgan fingerprint density at radius 3 is 2.93 bits per heavy atom. The molecule has 1 aliphatic carbocycles. The molecule has 0 saturated heterocycles. The van der Waals surface area contributed by atoms with Crippen molar-refractivity contribution < 1.29 is 0 Å². The highest BCUT2D eigenvalue weighted by Gasteiger charge is 2.27. The number of nitrogens with one attached hydrogen (secondary N) is 1. The van der Waals surface area contributed by atoms with Gasteiger partial charge in [-0.25, -0.2) is 4.98 Å². The first-order chi connectivity index (χ1) is 7.15. The fraction of sp³-hybridized carbons (Fsp3) is 0.600. The van der Waals surface area contributed by atoms with Crippen LogP contribution in [0.15, 0.2) is 10.7 Å². The lowest BCUT2D eigenvalue weighted by molar-refractivity contribution is 0.535. The average Bonchev–Trinajstić information content (AvgIpc) is 2.95. The number of anilines is 2.